The smallest absolute Gasteiger partial charge is 0.290 e. The molecule has 0 N–H and O–H groups in total. The van der Waals surface area contributed by atoms with E-state index in [1.807, 2.05) is 12.1 Å². The van der Waals surface area contributed by atoms with E-state index in [1.165, 1.54) is 17.2 Å². The van der Waals surface area contributed by atoms with E-state index in [0.29, 0.717) is 22.2 Å². The average molecular weight is 457 g/mol. The maximum absolute atomic E-state index is 13.2. The van der Waals surface area contributed by atoms with Crippen LogP contribution >= 0.6 is 23.2 Å². The highest BCUT2D eigenvalue weighted by molar-refractivity contribution is 6.31. The molecule has 1 aliphatic rings. The Morgan fingerprint density at radius 2 is 1.81 bits per heavy atom. The lowest BCUT2D eigenvalue weighted by Gasteiger charge is -2.27. The van der Waals surface area contributed by atoms with Gasteiger partial charge in [0, 0.05) is 16.6 Å². The molecule has 1 fully saturated rings. The van der Waals surface area contributed by atoms with Gasteiger partial charge >= 0.3 is 0 Å². The maximum atomic E-state index is 13.2. The van der Waals surface area contributed by atoms with Gasteiger partial charge in [-0.3, -0.25) is 14.4 Å². The fourth-order valence-corrected chi connectivity index (χ4v) is 3.94. The van der Waals surface area contributed by atoms with Crippen molar-refractivity contribution in [1.29, 1.82) is 0 Å². The Morgan fingerprint density at radius 1 is 1.03 bits per heavy atom. The largest absolute Gasteiger partial charge is 0.459 e. The van der Waals surface area contributed by atoms with E-state index in [2.05, 4.69) is 0 Å². The molecule has 1 saturated heterocycles. The van der Waals surface area contributed by atoms with Gasteiger partial charge < -0.3 is 9.32 Å². The molecule has 1 unspecified atom stereocenters. The second kappa shape index (κ2) is 8.96. The lowest BCUT2D eigenvalue weighted by atomic mass is 10.1. The number of carbonyl (C=O) groups is 3. The standard InChI is InChI=1S/C23H18Cl2N2O4/c24-16-6-8-18(9-7-16)27-21(28)14-19(22(27)29)26(23(30)20-5-2-12-31-20)11-10-15-3-1-4-17(25)13-15/h1-9,12-13,19H,10-11,14H2. The fraction of sp³-hybridized carbons (Fsp3) is 0.174. The summed E-state index contributed by atoms with van der Waals surface area (Å²) < 4.78 is 5.26. The second-order valence-electron chi connectivity index (χ2n) is 7.12. The molecule has 8 heteroatoms. The molecule has 158 valence electrons. The van der Waals surface area contributed by atoms with Gasteiger partial charge in [-0.1, -0.05) is 35.3 Å². The van der Waals surface area contributed by atoms with Gasteiger partial charge in [0.25, 0.3) is 11.8 Å². The Labute approximate surface area is 188 Å². The van der Waals surface area contributed by atoms with Crippen LogP contribution in [0.3, 0.4) is 0 Å². The molecular formula is C23H18Cl2N2O4. The van der Waals surface area contributed by atoms with Crippen LogP contribution < -0.4 is 4.90 Å². The van der Waals surface area contributed by atoms with Crippen LogP contribution in [0.4, 0.5) is 5.69 Å². The quantitative estimate of drug-likeness (QED) is 0.508. The third-order valence-electron chi connectivity index (χ3n) is 5.11. The first kappa shape index (κ1) is 21.2. The van der Waals surface area contributed by atoms with Crippen LogP contribution in [0.2, 0.25) is 10.0 Å². The second-order valence-corrected chi connectivity index (χ2v) is 7.99. The van der Waals surface area contributed by atoms with E-state index < -0.39 is 17.9 Å². The minimum atomic E-state index is -0.931. The Bertz CT molecular complexity index is 1110. The molecule has 0 radical (unpaired) electrons. The van der Waals surface area contributed by atoms with Crippen molar-refractivity contribution in [2.45, 2.75) is 18.9 Å². The monoisotopic (exact) mass is 456 g/mol. The van der Waals surface area contributed by atoms with Gasteiger partial charge in [-0.25, -0.2) is 4.90 Å². The van der Waals surface area contributed by atoms with E-state index >= 15 is 0 Å². The molecule has 1 aliphatic heterocycles. The number of rotatable bonds is 6. The Morgan fingerprint density at radius 3 is 2.48 bits per heavy atom. The summed E-state index contributed by atoms with van der Waals surface area (Å²) >= 11 is 12.0. The van der Waals surface area contributed by atoms with Crippen LogP contribution in [0.25, 0.3) is 0 Å². The van der Waals surface area contributed by atoms with Gasteiger partial charge in [-0.2, -0.15) is 0 Å². The lowest BCUT2D eigenvalue weighted by molar-refractivity contribution is -0.122. The van der Waals surface area contributed by atoms with Crippen molar-refractivity contribution in [2.24, 2.45) is 0 Å². The van der Waals surface area contributed by atoms with E-state index in [1.54, 1.807) is 42.5 Å². The van der Waals surface area contributed by atoms with Crippen LogP contribution in [0.1, 0.15) is 22.5 Å². The topological polar surface area (TPSA) is 70.8 Å². The zero-order valence-electron chi connectivity index (χ0n) is 16.3. The van der Waals surface area contributed by atoms with Crippen LogP contribution in [-0.4, -0.2) is 35.2 Å². The molecule has 3 amide bonds. The van der Waals surface area contributed by atoms with Crippen LogP contribution in [0.5, 0.6) is 0 Å². The van der Waals surface area contributed by atoms with E-state index in [-0.39, 0.29) is 24.6 Å². The van der Waals surface area contributed by atoms with Crippen molar-refractivity contribution in [2.75, 3.05) is 11.4 Å². The minimum Gasteiger partial charge on any atom is -0.459 e. The molecule has 31 heavy (non-hydrogen) atoms. The van der Waals surface area contributed by atoms with E-state index in [4.69, 9.17) is 27.6 Å². The summed E-state index contributed by atoms with van der Waals surface area (Å²) in [5, 5.41) is 1.08. The van der Waals surface area contributed by atoms with Crippen molar-refractivity contribution in [3.63, 3.8) is 0 Å². The first-order valence-corrected chi connectivity index (χ1v) is 10.4. The van der Waals surface area contributed by atoms with E-state index in [9.17, 15) is 14.4 Å². The predicted molar refractivity (Wildman–Crippen MR) is 117 cm³/mol. The summed E-state index contributed by atoms with van der Waals surface area (Å²) in [5.74, 6) is -1.18. The molecule has 6 nitrogen and oxygen atoms in total. The van der Waals surface area contributed by atoms with Crippen LogP contribution in [-0.2, 0) is 16.0 Å². The van der Waals surface area contributed by atoms with Gasteiger partial charge in [0.1, 0.15) is 6.04 Å². The third kappa shape index (κ3) is 4.50. The summed E-state index contributed by atoms with van der Waals surface area (Å²) in [6.45, 7) is 0.220. The molecule has 0 aliphatic carbocycles. The summed E-state index contributed by atoms with van der Waals surface area (Å²) in [5.41, 5.74) is 1.33. The Balaban J connectivity index is 1.61. The summed E-state index contributed by atoms with van der Waals surface area (Å²) in [7, 11) is 0. The molecule has 4 rings (SSSR count). The molecule has 0 spiro atoms. The molecule has 1 aromatic heterocycles. The summed E-state index contributed by atoms with van der Waals surface area (Å²) in [6, 6.07) is 15.9. The predicted octanol–water partition coefficient (Wildman–Crippen LogP) is 4.60. The highest BCUT2D eigenvalue weighted by Gasteiger charge is 2.44. The number of furan rings is 1. The number of carbonyl (C=O) groups excluding carboxylic acids is 3. The zero-order valence-corrected chi connectivity index (χ0v) is 17.8. The Kier molecular flexibility index (Phi) is 6.11. The van der Waals surface area contributed by atoms with Crippen LogP contribution in [0.15, 0.2) is 71.3 Å². The van der Waals surface area contributed by atoms with Gasteiger partial charge in [0.2, 0.25) is 5.91 Å². The zero-order chi connectivity index (χ0) is 22.0. The first-order valence-electron chi connectivity index (χ1n) is 9.65. The third-order valence-corrected chi connectivity index (χ3v) is 5.59. The average Bonchev–Trinajstić information content (AvgIpc) is 3.38. The molecule has 2 heterocycles. The number of amides is 3. The van der Waals surface area contributed by atoms with Gasteiger partial charge in [-0.15, -0.1) is 0 Å². The molecule has 3 aromatic rings. The molecule has 2 aromatic carbocycles. The van der Waals surface area contributed by atoms with Crippen molar-refractivity contribution >= 4 is 46.6 Å². The fourth-order valence-electron chi connectivity index (χ4n) is 3.60. The van der Waals surface area contributed by atoms with Crippen molar-refractivity contribution in [1.82, 2.24) is 4.90 Å². The summed E-state index contributed by atoms with van der Waals surface area (Å²) in [6.07, 6.45) is 1.75. The van der Waals surface area contributed by atoms with E-state index in [0.717, 1.165) is 10.5 Å². The summed E-state index contributed by atoms with van der Waals surface area (Å²) in [4.78, 5) is 41.5. The van der Waals surface area contributed by atoms with Crippen molar-refractivity contribution in [3.8, 4) is 0 Å². The lowest BCUT2D eigenvalue weighted by Crippen LogP contribution is -2.46. The van der Waals surface area contributed by atoms with Crippen molar-refractivity contribution in [3.05, 3.63) is 88.3 Å². The number of nitrogens with zero attached hydrogens (tertiary/aromatic N) is 2. The number of anilines is 1. The number of hydrogen-bond donors (Lipinski definition) is 0. The van der Waals surface area contributed by atoms with Gasteiger partial charge in [0.05, 0.1) is 18.4 Å². The van der Waals surface area contributed by atoms with Crippen LogP contribution in [0, 0.1) is 0 Å². The normalized spacial score (nSPS) is 16.1. The molecular weight excluding hydrogens is 439 g/mol. The number of benzene rings is 2. The number of hydrogen-bond acceptors (Lipinski definition) is 4. The molecule has 0 bridgehead atoms. The van der Waals surface area contributed by atoms with Crippen molar-refractivity contribution < 1.29 is 18.8 Å². The number of imide groups is 1. The SMILES string of the molecule is O=C1CC(N(CCc2cccc(Cl)c2)C(=O)c2ccco2)C(=O)N1c1ccc(Cl)cc1. The highest BCUT2D eigenvalue weighted by atomic mass is 35.5. The number of halogens is 2. The highest BCUT2D eigenvalue weighted by Crippen LogP contribution is 2.28. The van der Waals surface area contributed by atoms with Gasteiger partial charge in [-0.05, 0) is 60.5 Å². The minimum absolute atomic E-state index is 0.108. The Hall–Kier alpha value is -3.09. The molecule has 0 saturated carbocycles. The molecule has 1 atom stereocenters. The first-order chi connectivity index (χ1) is 14.9. The maximum Gasteiger partial charge on any atom is 0.290 e. The van der Waals surface area contributed by atoms with Gasteiger partial charge in [0.15, 0.2) is 5.76 Å².